The van der Waals surface area contributed by atoms with Crippen LogP contribution in [0, 0.1) is 5.41 Å². The van der Waals surface area contributed by atoms with Crippen LogP contribution in [0.3, 0.4) is 0 Å². The zero-order chi connectivity index (χ0) is 14.8. The summed E-state index contributed by atoms with van der Waals surface area (Å²) in [4.78, 5) is 1.66. The number of primary sulfonamides is 2. The number of halogens is 1. The maximum atomic E-state index is 10.7. The van der Waals surface area contributed by atoms with Crippen LogP contribution in [0.5, 0.6) is 0 Å². The Balaban J connectivity index is 0.000000359. The molecule has 2 fully saturated rings. The highest BCUT2D eigenvalue weighted by Gasteiger charge is 2.35. The number of hydrogen-bond donors (Lipinski definition) is 4. The predicted molar refractivity (Wildman–Crippen MR) is 78.9 cm³/mol. The Labute approximate surface area is 125 Å². The summed E-state index contributed by atoms with van der Waals surface area (Å²) in [6.45, 7) is 3.39. The van der Waals surface area contributed by atoms with Crippen LogP contribution >= 0.6 is 12.4 Å². The van der Waals surface area contributed by atoms with Gasteiger partial charge >= 0.3 is 0 Å². The second-order valence-electron chi connectivity index (χ2n) is 4.57. The maximum Gasteiger partial charge on any atom is 0.215 e. The average Bonchev–Trinajstić information content (AvgIpc) is 1.88. The molecule has 2 rings (SSSR count). The van der Waals surface area contributed by atoms with Crippen LogP contribution in [0.4, 0.5) is 0 Å². The molecular formula is C8H20ClN5O4S2. The summed E-state index contributed by atoms with van der Waals surface area (Å²) in [5.41, 5.74) is 0. The molecule has 9 nitrogen and oxygen atoms in total. The lowest BCUT2D eigenvalue weighted by Gasteiger charge is -2.38. The van der Waals surface area contributed by atoms with E-state index in [4.69, 9.17) is 15.7 Å². The van der Waals surface area contributed by atoms with Gasteiger partial charge in [0.05, 0.1) is 11.1 Å². The number of nitrogens with one attached hydrogen (secondary N) is 2. The average molecular weight is 350 g/mol. The lowest BCUT2D eigenvalue weighted by atomic mass is 10.2. The molecule has 2 heterocycles. The van der Waals surface area contributed by atoms with Crippen LogP contribution in [0.15, 0.2) is 0 Å². The Morgan fingerprint density at radius 2 is 1.50 bits per heavy atom. The van der Waals surface area contributed by atoms with Gasteiger partial charge in [-0.1, -0.05) is 0 Å². The van der Waals surface area contributed by atoms with Crippen LogP contribution in [-0.4, -0.2) is 64.3 Å². The van der Waals surface area contributed by atoms with Crippen molar-refractivity contribution in [1.29, 1.82) is 5.41 Å². The van der Waals surface area contributed by atoms with Gasteiger partial charge in [-0.3, -0.25) is 5.41 Å². The molecule has 0 amide bonds. The third-order valence-corrected chi connectivity index (χ3v) is 5.49. The van der Waals surface area contributed by atoms with Crippen LogP contribution in [0.2, 0.25) is 0 Å². The second-order valence-corrected chi connectivity index (χ2v) is 8.26. The number of amidine groups is 1. The summed E-state index contributed by atoms with van der Waals surface area (Å²) < 4.78 is 42.0. The van der Waals surface area contributed by atoms with Crippen molar-refractivity contribution < 1.29 is 16.8 Å². The monoisotopic (exact) mass is 349 g/mol. The lowest BCUT2D eigenvalue weighted by Crippen LogP contribution is -2.57. The smallest absolute Gasteiger partial charge is 0.215 e. The highest BCUT2D eigenvalue weighted by molar-refractivity contribution is 7.90. The van der Waals surface area contributed by atoms with E-state index in [0.29, 0.717) is 32.0 Å². The topological polar surface area (TPSA) is 159 Å². The predicted octanol–water partition coefficient (Wildman–Crippen LogP) is -2.38. The summed E-state index contributed by atoms with van der Waals surface area (Å²) in [7, 11) is -6.60. The highest BCUT2D eigenvalue weighted by atomic mass is 35.5. The van der Waals surface area contributed by atoms with E-state index in [1.807, 2.05) is 0 Å². The molecule has 0 atom stereocenters. The van der Waals surface area contributed by atoms with Gasteiger partial charge in [-0.15, -0.1) is 12.4 Å². The SMILES string of the molecule is CC(=N)N1CC(S(N)(=O)=O)C1.Cl.NS(=O)(=O)C1CNC1. The van der Waals surface area contributed by atoms with Gasteiger partial charge in [-0.2, -0.15) is 0 Å². The molecule has 2 aliphatic rings. The third kappa shape index (κ3) is 5.50. The minimum Gasteiger partial charge on any atom is -0.358 e. The Morgan fingerprint density at radius 1 is 1.10 bits per heavy atom. The van der Waals surface area contributed by atoms with Crippen molar-refractivity contribution in [2.24, 2.45) is 10.3 Å². The molecule has 120 valence electrons. The Morgan fingerprint density at radius 3 is 1.65 bits per heavy atom. The first kappa shape index (κ1) is 19.5. The van der Waals surface area contributed by atoms with E-state index in [1.165, 1.54) is 0 Å². The fraction of sp³-hybridized carbons (Fsp3) is 0.875. The van der Waals surface area contributed by atoms with E-state index in [9.17, 15) is 16.8 Å². The zero-order valence-electron chi connectivity index (χ0n) is 10.9. The van der Waals surface area contributed by atoms with Gasteiger partial charge in [0.25, 0.3) is 0 Å². The number of hydrogen-bond acceptors (Lipinski definition) is 6. The first-order chi connectivity index (χ1) is 8.51. The van der Waals surface area contributed by atoms with E-state index >= 15 is 0 Å². The summed E-state index contributed by atoms with van der Waals surface area (Å²) in [6, 6.07) is 0. The molecule has 0 aromatic heterocycles. The first-order valence-corrected chi connectivity index (χ1v) is 8.77. The van der Waals surface area contributed by atoms with E-state index in [0.717, 1.165) is 0 Å². The van der Waals surface area contributed by atoms with Crippen molar-refractivity contribution in [1.82, 2.24) is 10.2 Å². The van der Waals surface area contributed by atoms with Crippen LogP contribution in [0.1, 0.15) is 6.92 Å². The van der Waals surface area contributed by atoms with Crippen LogP contribution < -0.4 is 15.6 Å². The van der Waals surface area contributed by atoms with Gasteiger partial charge in [0, 0.05) is 26.2 Å². The van der Waals surface area contributed by atoms with Gasteiger partial charge in [-0.25, -0.2) is 27.1 Å². The van der Waals surface area contributed by atoms with Crippen molar-refractivity contribution in [3.63, 3.8) is 0 Å². The third-order valence-electron chi connectivity index (χ3n) is 3.00. The molecule has 2 saturated heterocycles. The summed E-state index contributed by atoms with van der Waals surface area (Å²) in [5, 5.41) is 18.8. The number of nitrogens with zero attached hydrogens (tertiary/aromatic N) is 1. The molecule has 2 aliphatic heterocycles. The standard InChI is InChI=1S/C5H11N3O2S.C3H8N2O2S.ClH/c1-4(6)8-2-5(3-8)11(7,9)10;4-8(6,7)3-1-5-2-3;/h5-6H,2-3H2,1H3,(H2,7,9,10);3,5H,1-2H2,(H2,4,6,7);1H. The fourth-order valence-electron chi connectivity index (χ4n) is 1.41. The summed E-state index contributed by atoms with van der Waals surface area (Å²) in [6.07, 6.45) is 0. The molecule has 0 saturated carbocycles. The highest BCUT2D eigenvalue weighted by Crippen LogP contribution is 2.13. The Bertz CT molecular complexity index is 539. The zero-order valence-corrected chi connectivity index (χ0v) is 13.4. The molecule has 0 bridgehead atoms. The van der Waals surface area contributed by atoms with Gasteiger partial charge in [0.2, 0.25) is 20.0 Å². The van der Waals surface area contributed by atoms with Crippen LogP contribution in [-0.2, 0) is 20.0 Å². The van der Waals surface area contributed by atoms with Crippen molar-refractivity contribution in [2.75, 3.05) is 26.2 Å². The molecule has 6 N–H and O–H groups in total. The summed E-state index contributed by atoms with van der Waals surface area (Å²) in [5.74, 6) is 0.393. The van der Waals surface area contributed by atoms with E-state index in [-0.39, 0.29) is 17.7 Å². The van der Waals surface area contributed by atoms with Crippen molar-refractivity contribution in [3.8, 4) is 0 Å². The molecular weight excluding hydrogens is 330 g/mol. The molecule has 0 aromatic rings. The van der Waals surface area contributed by atoms with Crippen molar-refractivity contribution >= 4 is 38.3 Å². The molecule has 20 heavy (non-hydrogen) atoms. The number of rotatable bonds is 2. The maximum absolute atomic E-state index is 10.7. The summed E-state index contributed by atoms with van der Waals surface area (Å²) >= 11 is 0. The molecule has 12 heteroatoms. The molecule has 0 unspecified atom stereocenters. The number of nitrogens with two attached hydrogens (primary N) is 2. The van der Waals surface area contributed by atoms with Gasteiger partial charge < -0.3 is 10.2 Å². The van der Waals surface area contributed by atoms with Gasteiger partial charge in [-0.05, 0) is 6.92 Å². The molecule has 0 aromatic carbocycles. The quantitative estimate of drug-likeness (QED) is 0.322. The van der Waals surface area contributed by atoms with Gasteiger partial charge in [0.15, 0.2) is 0 Å². The second kappa shape index (κ2) is 7.00. The molecule has 0 aliphatic carbocycles. The minimum absolute atomic E-state index is 0. The molecule has 0 spiro atoms. The lowest BCUT2D eigenvalue weighted by molar-refractivity contribution is 0.297. The fourth-order valence-corrected chi connectivity index (χ4v) is 2.89. The van der Waals surface area contributed by atoms with E-state index in [2.05, 4.69) is 5.32 Å². The number of sulfonamides is 2. The van der Waals surface area contributed by atoms with Crippen molar-refractivity contribution in [3.05, 3.63) is 0 Å². The Kier molecular flexibility index (Phi) is 6.84. The first-order valence-electron chi connectivity index (χ1n) is 5.56. The van der Waals surface area contributed by atoms with E-state index < -0.39 is 25.3 Å². The van der Waals surface area contributed by atoms with Gasteiger partial charge in [0.1, 0.15) is 5.25 Å². The minimum atomic E-state index is -3.37. The van der Waals surface area contributed by atoms with Crippen LogP contribution in [0.25, 0.3) is 0 Å². The molecule has 0 radical (unpaired) electrons. The Hall–Kier alpha value is -0.460. The van der Waals surface area contributed by atoms with Crippen molar-refractivity contribution in [2.45, 2.75) is 17.4 Å². The number of likely N-dealkylation sites (tertiary alicyclic amines) is 1. The largest absolute Gasteiger partial charge is 0.358 e. The van der Waals surface area contributed by atoms with E-state index in [1.54, 1.807) is 11.8 Å². The normalized spacial score (nSPS) is 19.9.